The smallest absolute Gasteiger partial charge is 0.289 e. The monoisotopic (exact) mass is 460 g/mol. The van der Waals surface area contributed by atoms with Crippen LogP contribution in [0.3, 0.4) is 0 Å². The average Bonchev–Trinajstić information content (AvgIpc) is 2.76. The highest BCUT2D eigenvalue weighted by molar-refractivity contribution is 6.32. The third-order valence-electron chi connectivity index (χ3n) is 5.26. The Bertz CT molecular complexity index is 902. The van der Waals surface area contributed by atoms with Gasteiger partial charge < -0.3 is 10.1 Å². The van der Waals surface area contributed by atoms with E-state index in [2.05, 4.69) is 31.3 Å². The molecular formula is C25H33ClN2O4. The second kappa shape index (κ2) is 13.7. The predicted molar refractivity (Wildman–Crippen MR) is 130 cm³/mol. The highest BCUT2D eigenvalue weighted by Crippen LogP contribution is 2.27. The van der Waals surface area contributed by atoms with Gasteiger partial charge >= 0.3 is 0 Å². The van der Waals surface area contributed by atoms with Crippen molar-refractivity contribution in [1.29, 1.82) is 0 Å². The number of hydrogen-bond acceptors (Lipinski definition) is 4. The first-order valence-electron chi connectivity index (χ1n) is 11.4. The molecule has 2 aromatic carbocycles. The Kier molecular flexibility index (Phi) is 11.0. The lowest BCUT2D eigenvalue weighted by Crippen LogP contribution is -2.15. The van der Waals surface area contributed by atoms with Crippen LogP contribution in [0.1, 0.15) is 69.9 Å². The zero-order valence-corrected chi connectivity index (χ0v) is 19.7. The van der Waals surface area contributed by atoms with E-state index in [-0.39, 0.29) is 29.6 Å². The largest absolute Gasteiger partial charge is 0.493 e. The van der Waals surface area contributed by atoms with Crippen LogP contribution in [0.4, 0.5) is 11.4 Å². The molecular weight excluding hydrogens is 428 g/mol. The van der Waals surface area contributed by atoms with Crippen LogP contribution in [-0.4, -0.2) is 17.4 Å². The molecule has 0 bridgehead atoms. The minimum Gasteiger partial charge on any atom is -0.493 e. The summed E-state index contributed by atoms with van der Waals surface area (Å²) in [5, 5.41) is 13.7. The maximum atomic E-state index is 12.3. The Morgan fingerprint density at radius 2 is 1.75 bits per heavy atom. The Balaban J connectivity index is 1.94. The molecule has 0 aliphatic carbocycles. The molecule has 2 rings (SSSR count). The molecule has 6 nitrogen and oxygen atoms in total. The number of benzene rings is 2. The predicted octanol–water partition coefficient (Wildman–Crippen LogP) is 7.12. The van der Waals surface area contributed by atoms with Gasteiger partial charge in [0, 0.05) is 11.8 Å². The summed E-state index contributed by atoms with van der Waals surface area (Å²) in [6.07, 6.45) is 9.25. The van der Waals surface area contributed by atoms with Crippen molar-refractivity contribution in [2.45, 2.75) is 71.6 Å². The van der Waals surface area contributed by atoms with Gasteiger partial charge in [0.05, 0.1) is 18.0 Å². The van der Waals surface area contributed by atoms with Crippen LogP contribution in [0.15, 0.2) is 36.4 Å². The number of aryl methyl sites for hydroxylation is 2. The van der Waals surface area contributed by atoms with E-state index in [1.54, 1.807) is 0 Å². The number of unbranched alkanes of at least 4 members (excludes halogenated alkanes) is 4. The Morgan fingerprint density at radius 1 is 1.03 bits per heavy atom. The molecule has 0 atom stereocenters. The zero-order valence-electron chi connectivity index (χ0n) is 19.0. The van der Waals surface area contributed by atoms with Gasteiger partial charge in [-0.1, -0.05) is 63.3 Å². The molecule has 0 saturated heterocycles. The topological polar surface area (TPSA) is 81.5 Å². The van der Waals surface area contributed by atoms with Gasteiger partial charge in [-0.25, -0.2) is 0 Å². The highest BCUT2D eigenvalue weighted by atomic mass is 35.5. The molecule has 1 amide bonds. The van der Waals surface area contributed by atoms with Gasteiger partial charge in [-0.15, -0.1) is 0 Å². The van der Waals surface area contributed by atoms with Crippen molar-refractivity contribution in [3.05, 3.63) is 62.7 Å². The molecule has 32 heavy (non-hydrogen) atoms. The number of carbonyl (C=O) groups is 1. The summed E-state index contributed by atoms with van der Waals surface area (Å²) >= 11 is 5.81. The molecule has 0 spiro atoms. The quantitative estimate of drug-likeness (QED) is 0.185. The number of ether oxygens (including phenoxy) is 1. The summed E-state index contributed by atoms with van der Waals surface area (Å²) in [5.74, 6) is 0.556. The minimum atomic E-state index is -0.576. The first-order valence-corrected chi connectivity index (χ1v) is 11.8. The fraction of sp³-hybridized carbons (Fsp3) is 0.480. The van der Waals surface area contributed by atoms with E-state index in [0.717, 1.165) is 31.4 Å². The van der Waals surface area contributed by atoms with Crippen molar-refractivity contribution in [2.75, 3.05) is 11.9 Å². The third-order valence-corrected chi connectivity index (χ3v) is 5.58. The maximum Gasteiger partial charge on any atom is 0.289 e. The highest BCUT2D eigenvalue weighted by Gasteiger charge is 2.14. The van der Waals surface area contributed by atoms with Gasteiger partial charge in [0.2, 0.25) is 5.91 Å². The lowest BCUT2D eigenvalue weighted by molar-refractivity contribution is -0.384. The molecule has 0 radical (unpaired) electrons. The van der Waals surface area contributed by atoms with Crippen molar-refractivity contribution < 1.29 is 14.5 Å². The number of nitro benzene ring substituents is 1. The molecule has 0 aromatic heterocycles. The third kappa shape index (κ3) is 8.50. The van der Waals surface area contributed by atoms with Crippen LogP contribution in [0, 0.1) is 10.1 Å². The van der Waals surface area contributed by atoms with Gasteiger partial charge in [0.1, 0.15) is 10.8 Å². The fourth-order valence-corrected chi connectivity index (χ4v) is 3.66. The van der Waals surface area contributed by atoms with Crippen molar-refractivity contribution >= 4 is 28.9 Å². The SMILES string of the molecule is CCCCCc1ccc(OCCC(=O)Nc2ccc(Cl)c([N+](=O)[O-])c2)c(CCCCC)c1. The second-order valence-corrected chi connectivity index (χ2v) is 8.33. The van der Waals surface area contributed by atoms with Gasteiger partial charge in [-0.2, -0.15) is 0 Å². The summed E-state index contributed by atoms with van der Waals surface area (Å²) in [7, 11) is 0. The van der Waals surface area contributed by atoms with E-state index in [0.29, 0.717) is 5.69 Å². The molecule has 174 valence electrons. The fourth-order valence-electron chi connectivity index (χ4n) is 3.48. The molecule has 0 heterocycles. The maximum absolute atomic E-state index is 12.3. The van der Waals surface area contributed by atoms with Crippen molar-refractivity contribution in [2.24, 2.45) is 0 Å². The number of nitrogens with one attached hydrogen (secondary N) is 1. The van der Waals surface area contributed by atoms with Crippen LogP contribution in [0.5, 0.6) is 5.75 Å². The molecule has 7 heteroatoms. The standard InChI is InChI=1S/C25H33ClN2O4/c1-3-5-7-9-19-11-14-24(20(17-19)10-8-6-4-2)32-16-15-25(29)27-21-12-13-22(26)23(18-21)28(30)31/h11-14,17-18H,3-10,15-16H2,1-2H3,(H,27,29). The molecule has 0 aliphatic heterocycles. The summed E-state index contributed by atoms with van der Waals surface area (Å²) in [6.45, 7) is 4.63. The normalized spacial score (nSPS) is 10.7. The van der Waals surface area contributed by atoms with Crippen molar-refractivity contribution in [3.8, 4) is 5.75 Å². The van der Waals surface area contributed by atoms with Crippen LogP contribution in [0.25, 0.3) is 0 Å². The number of nitrogens with zero attached hydrogens (tertiary/aromatic N) is 1. The number of rotatable bonds is 14. The molecule has 0 saturated carbocycles. The van der Waals surface area contributed by atoms with Gasteiger partial charge in [0.15, 0.2) is 0 Å². The van der Waals surface area contributed by atoms with E-state index in [1.807, 2.05) is 6.07 Å². The van der Waals surface area contributed by atoms with Crippen molar-refractivity contribution in [1.82, 2.24) is 0 Å². The van der Waals surface area contributed by atoms with Gasteiger partial charge in [-0.3, -0.25) is 14.9 Å². The van der Waals surface area contributed by atoms with Crippen LogP contribution < -0.4 is 10.1 Å². The summed E-state index contributed by atoms with van der Waals surface area (Å²) in [5.41, 5.74) is 2.62. The van der Waals surface area contributed by atoms with E-state index in [1.165, 1.54) is 55.0 Å². The van der Waals surface area contributed by atoms with Gasteiger partial charge in [-0.05, 0) is 55.0 Å². The summed E-state index contributed by atoms with van der Waals surface area (Å²) in [6, 6.07) is 10.6. The van der Waals surface area contributed by atoms with E-state index in [9.17, 15) is 14.9 Å². The molecule has 2 aromatic rings. The number of amides is 1. The number of nitro groups is 1. The van der Waals surface area contributed by atoms with E-state index < -0.39 is 4.92 Å². The van der Waals surface area contributed by atoms with Crippen LogP contribution in [-0.2, 0) is 17.6 Å². The number of halogens is 1. The van der Waals surface area contributed by atoms with Crippen LogP contribution in [0.2, 0.25) is 5.02 Å². The van der Waals surface area contributed by atoms with Crippen LogP contribution >= 0.6 is 11.6 Å². The second-order valence-electron chi connectivity index (χ2n) is 7.93. The van der Waals surface area contributed by atoms with Gasteiger partial charge in [0.25, 0.3) is 5.69 Å². The Labute approximate surface area is 195 Å². The molecule has 0 fully saturated rings. The Hall–Kier alpha value is -2.60. The first-order chi connectivity index (χ1) is 15.4. The first kappa shape index (κ1) is 25.7. The summed E-state index contributed by atoms with van der Waals surface area (Å²) in [4.78, 5) is 22.7. The lowest BCUT2D eigenvalue weighted by Gasteiger charge is -2.14. The van der Waals surface area contributed by atoms with E-state index >= 15 is 0 Å². The molecule has 1 N–H and O–H groups in total. The average molecular weight is 461 g/mol. The van der Waals surface area contributed by atoms with Crippen molar-refractivity contribution in [3.63, 3.8) is 0 Å². The minimum absolute atomic E-state index is 0.0325. The zero-order chi connectivity index (χ0) is 23.3. The summed E-state index contributed by atoms with van der Waals surface area (Å²) < 4.78 is 5.95. The lowest BCUT2D eigenvalue weighted by atomic mass is 10.00. The molecule has 0 aliphatic rings. The number of anilines is 1. The molecule has 0 unspecified atom stereocenters. The number of carbonyl (C=O) groups excluding carboxylic acids is 1. The number of hydrogen-bond donors (Lipinski definition) is 1. The van der Waals surface area contributed by atoms with E-state index in [4.69, 9.17) is 16.3 Å². The Morgan fingerprint density at radius 3 is 2.44 bits per heavy atom.